The molecule has 0 aliphatic rings. The van der Waals surface area contributed by atoms with E-state index in [9.17, 15) is 0 Å². The van der Waals surface area contributed by atoms with Gasteiger partial charge in [-0.1, -0.05) is 26.0 Å². The minimum atomic E-state index is 0.476. The Morgan fingerprint density at radius 1 is 1.25 bits per heavy atom. The number of nitrogens with zero attached hydrogens (tertiary/aromatic N) is 1. The third-order valence-electron chi connectivity index (χ3n) is 3.20. The zero-order valence-electron chi connectivity index (χ0n) is 12.0. The van der Waals surface area contributed by atoms with Crippen molar-refractivity contribution in [1.29, 1.82) is 0 Å². The van der Waals surface area contributed by atoms with E-state index in [2.05, 4.69) is 70.7 Å². The monoisotopic (exact) mass is 384 g/mol. The molecular weight excluding hydrogens is 363 g/mol. The predicted octanol–water partition coefficient (Wildman–Crippen LogP) is 4.29. The first-order valence-electron chi connectivity index (χ1n) is 7.01. The molecule has 1 heterocycles. The largest absolute Gasteiger partial charge is 0.377 e. The highest BCUT2D eigenvalue weighted by molar-refractivity contribution is 14.1. The van der Waals surface area contributed by atoms with Crippen LogP contribution in [-0.2, 0) is 17.8 Å². The van der Waals surface area contributed by atoms with Crippen molar-refractivity contribution in [3.8, 4) is 0 Å². The number of halogens is 1. The third-order valence-corrected chi connectivity index (χ3v) is 3.92. The molecule has 1 N–H and O–H groups in total. The summed E-state index contributed by atoms with van der Waals surface area (Å²) < 4.78 is 6.98. The summed E-state index contributed by atoms with van der Waals surface area (Å²) in [5.41, 5.74) is 3.66. The van der Waals surface area contributed by atoms with Gasteiger partial charge in [-0.25, -0.2) is 4.98 Å². The van der Waals surface area contributed by atoms with E-state index in [-0.39, 0.29) is 0 Å². The van der Waals surface area contributed by atoms with Crippen LogP contribution in [0.4, 0.5) is 0 Å². The number of benzene rings is 1. The van der Waals surface area contributed by atoms with Crippen molar-refractivity contribution in [2.75, 3.05) is 6.61 Å². The minimum Gasteiger partial charge on any atom is -0.377 e. The van der Waals surface area contributed by atoms with Crippen molar-refractivity contribution >= 4 is 22.6 Å². The SMILES string of the molecule is CC(C)c1nc[nH]c1CCCOCc1ccc(I)cc1. The molecule has 108 valence electrons. The number of H-pyrrole nitrogens is 1. The number of aromatic nitrogens is 2. The van der Waals surface area contributed by atoms with Crippen LogP contribution in [0.25, 0.3) is 0 Å². The van der Waals surface area contributed by atoms with Crippen molar-refractivity contribution in [3.05, 3.63) is 51.1 Å². The molecule has 0 saturated carbocycles. The molecule has 0 radical (unpaired) electrons. The highest BCUT2D eigenvalue weighted by atomic mass is 127. The lowest BCUT2D eigenvalue weighted by Crippen LogP contribution is -2.00. The topological polar surface area (TPSA) is 37.9 Å². The highest BCUT2D eigenvalue weighted by Gasteiger charge is 2.08. The van der Waals surface area contributed by atoms with Gasteiger partial charge in [-0.2, -0.15) is 0 Å². The first-order valence-corrected chi connectivity index (χ1v) is 8.09. The van der Waals surface area contributed by atoms with Crippen LogP contribution >= 0.6 is 22.6 Å². The van der Waals surface area contributed by atoms with Crippen molar-refractivity contribution in [3.63, 3.8) is 0 Å². The molecule has 4 heteroatoms. The molecule has 1 aromatic carbocycles. The molecule has 0 aliphatic carbocycles. The Morgan fingerprint density at radius 2 is 2.00 bits per heavy atom. The van der Waals surface area contributed by atoms with Crippen molar-refractivity contribution < 1.29 is 4.74 Å². The average Bonchev–Trinajstić information content (AvgIpc) is 2.89. The highest BCUT2D eigenvalue weighted by Crippen LogP contribution is 2.16. The van der Waals surface area contributed by atoms with Crippen molar-refractivity contribution in [1.82, 2.24) is 9.97 Å². The number of aryl methyl sites for hydroxylation is 1. The second kappa shape index (κ2) is 7.78. The quantitative estimate of drug-likeness (QED) is 0.572. The van der Waals surface area contributed by atoms with Gasteiger partial charge in [-0.15, -0.1) is 0 Å². The summed E-state index contributed by atoms with van der Waals surface area (Å²) in [4.78, 5) is 7.61. The first-order chi connectivity index (χ1) is 9.66. The smallest absolute Gasteiger partial charge is 0.0925 e. The van der Waals surface area contributed by atoms with Crippen LogP contribution < -0.4 is 0 Å². The van der Waals surface area contributed by atoms with Gasteiger partial charge in [-0.3, -0.25) is 0 Å². The number of imidazole rings is 1. The van der Waals surface area contributed by atoms with Crippen molar-refractivity contribution in [2.24, 2.45) is 0 Å². The fourth-order valence-electron chi connectivity index (χ4n) is 2.15. The van der Waals surface area contributed by atoms with Crippen LogP contribution in [0.1, 0.15) is 43.1 Å². The van der Waals surface area contributed by atoms with E-state index in [1.165, 1.54) is 20.5 Å². The zero-order valence-corrected chi connectivity index (χ0v) is 14.2. The summed E-state index contributed by atoms with van der Waals surface area (Å²) in [6.45, 7) is 5.82. The number of ether oxygens (including phenoxy) is 1. The Hall–Kier alpha value is -0.880. The van der Waals surface area contributed by atoms with Crippen LogP contribution in [0.15, 0.2) is 30.6 Å². The van der Waals surface area contributed by atoms with Gasteiger partial charge >= 0.3 is 0 Å². The van der Waals surface area contributed by atoms with Gasteiger partial charge in [0, 0.05) is 15.9 Å². The number of rotatable bonds is 7. The van der Waals surface area contributed by atoms with E-state index in [1.54, 1.807) is 6.33 Å². The second-order valence-corrected chi connectivity index (χ2v) is 6.45. The molecule has 2 aromatic rings. The Morgan fingerprint density at radius 3 is 2.70 bits per heavy atom. The van der Waals surface area contributed by atoms with E-state index in [0.717, 1.165) is 19.4 Å². The summed E-state index contributed by atoms with van der Waals surface area (Å²) in [5, 5.41) is 0. The maximum absolute atomic E-state index is 5.72. The Labute approximate surface area is 134 Å². The normalized spacial score (nSPS) is 11.2. The Bertz CT molecular complexity index is 520. The molecule has 0 bridgehead atoms. The van der Waals surface area contributed by atoms with E-state index in [0.29, 0.717) is 12.5 Å². The van der Waals surface area contributed by atoms with Crippen LogP contribution in [-0.4, -0.2) is 16.6 Å². The summed E-state index contributed by atoms with van der Waals surface area (Å²) in [6.07, 6.45) is 3.81. The summed E-state index contributed by atoms with van der Waals surface area (Å²) in [7, 11) is 0. The van der Waals surface area contributed by atoms with E-state index in [4.69, 9.17) is 4.74 Å². The molecule has 20 heavy (non-hydrogen) atoms. The predicted molar refractivity (Wildman–Crippen MR) is 89.8 cm³/mol. The molecule has 0 spiro atoms. The Balaban J connectivity index is 1.69. The van der Waals surface area contributed by atoms with E-state index < -0.39 is 0 Å². The van der Waals surface area contributed by atoms with Gasteiger partial charge in [0.25, 0.3) is 0 Å². The molecule has 0 atom stereocenters. The second-order valence-electron chi connectivity index (χ2n) is 5.20. The van der Waals surface area contributed by atoms with Crippen LogP contribution in [0.3, 0.4) is 0 Å². The van der Waals surface area contributed by atoms with Crippen LogP contribution in [0, 0.1) is 3.57 Å². The third kappa shape index (κ3) is 4.59. The maximum atomic E-state index is 5.72. The lowest BCUT2D eigenvalue weighted by Gasteiger charge is -2.07. The van der Waals surface area contributed by atoms with E-state index >= 15 is 0 Å². The number of aromatic amines is 1. The van der Waals surface area contributed by atoms with Gasteiger partial charge in [-0.05, 0) is 59.0 Å². The number of nitrogens with one attached hydrogen (secondary N) is 1. The molecule has 0 saturated heterocycles. The molecule has 1 aromatic heterocycles. The van der Waals surface area contributed by atoms with Gasteiger partial charge < -0.3 is 9.72 Å². The summed E-state index contributed by atoms with van der Waals surface area (Å²) >= 11 is 2.31. The summed E-state index contributed by atoms with van der Waals surface area (Å²) in [5.74, 6) is 0.476. The molecule has 0 amide bonds. The van der Waals surface area contributed by atoms with Crippen molar-refractivity contribution in [2.45, 2.75) is 39.2 Å². The first kappa shape index (κ1) is 15.5. The minimum absolute atomic E-state index is 0.476. The lowest BCUT2D eigenvalue weighted by molar-refractivity contribution is 0.118. The standard InChI is InChI=1S/C16H21IN2O/c1-12(2)16-15(18-11-19-16)4-3-9-20-10-13-5-7-14(17)8-6-13/h5-8,11-12H,3-4,9-10H2,1-2H3,(H,18,19). The molecule has 0 fully saturated rings. The molecule has 0 unspecified atom stereocenters. The molecule has 0 aliphatic heterocycles. The molecule has 3 nitrogen and oxygen atoms in total. The lowest BCUT2D eigenvalue weighted by atomic mass is 10.1. The van der Waals surface area contributed by atoms with Gasteiger partial charge in [0.1, 0.15) is 0 Å². The number of hydrogen-bond donors (Lipinski definition) is 1. The Kier molecular flexibility index (Phi) is 6.04. The fourth-order valence-corrected chi connectivity index (χ4v) is 2.51. The van der Waals surface area contributed by atoms with E-state index in [1.807, 2.05) is 0 Å². The average molecular weight is 384 g/mol. The van der Waals surface area contributed by atoms with Gasteiger partial charge in [0.05, 0.1) is 18.6 Å². The van der Waals surface area contributed by atoms with Crippen LogP contribution in [0.2, 0.25) is 0 Å². The molecular formula is C16H21IN2O. The summed E-state index contributed by atoms with van der Waals surface area (Å²) in [6, 6.07) is 8.46. The van der Waals surface area contributed by atoms with Gasteiger partial charge in [0.2, 0.25) is 0 Å². The maximum Gasteiger partial charge on any atom is 0.0925 e. The fraction of sp³-hybridized carbons (Fsp3) is 0.438. The zero-order chi connectivity index (χ0) is 14.4. The van der Waals surface area contributed by atoms with Gasteiger partial charge in [0.15, 0.2) is 0 Å². The van der Waals surface area contributed by atoms with Crippen LogP contribution in [0.5, 0.6) is 0 Å². The molecule has 2 rings (SSSR count). The number of hydrogen-bond acceptors (Lipinski definition) is 2.